The second-order valence-electron chi connectivity index (χ2n) is 6.14. The number of hydrogen-bond donors (Lipinski definition) is 0. The fourth-order valence-corrected chi connectivity index (χ4v) is 6.35. The van der Waals surface area contributed by atoms with E-state index >= 15 is 0 Å². The minimum Gasteiger partial charge on any atom is -0.459 e. The Morgan fingerprint density at radius 1 is 1.20 bits per heavy atom. The van der Waals surface area contributed by atoms with Crippen molar-refractivity contribution in [1.29, 1.82) is 0 Å². The molecule has 0 bridgehead atoms. The number of aliphatic imine (C=N–C) groups is 1. The van der Waals surface area contributed by atoms with Crippen LogP contribution in [0.25, 0.3) is 0 Å². The number of furan rings is 1. The molecular weight excluding hydrogens is 357 g/mol. The first-order valence-electron chi connectivity index (χ1n) is 8.15. The molecule has 6 nitrogen and oxygen atoms in total. The Kier molecular flexibility index (Phi) is 4.41. The summed E-state index contributed by atoms with van der Waals surface area (Å²) < 4.78 is 19.6. The quantitative estimate of drug-likeness (QED) is 0.767. The van der Waals surface area contributed by atoms with Crippen LogP contribution < -0.4 is 10.2 Å². The minimum atomic E-state index is -2.45. The molecular formula is C17H20N3O3PS. The molecule has 132 valence electrons. The molecule has 2 aliphatic rings. The number of morpholine rings is 1. The molecule has 1 aromatic carbocycles. The van der Waals surface area contributed by atoms with Crippen molar-refractivity contribution in [3.8, 4) is 0 Å². The second kappa shape index (κ2) is 6.57. The van der Waals surface area contributed by atoms with Gasteiger partial charge in [-0.25, -0.2) is 9.66 Å². The molecule has 1 fully saturated rings. The normalized spacial score (nSPS) is 23.5. The lowest BCUT2D eigenvalue weighted by atomic mass is 10.2. The van der Waals surface area contributed by atoms with Gasteiger partial charge in [0.25, 0.3) is 5.90 Å². The van der Waals surface area contributed by atoms with Crippen LogP contribution in [0.15, 0.2) is 46.0 Å². The average molecular weight is 377 g/mol. The Bertz CT molecular complexity index is 845. The molecule has 25 heavy (non-hydrogen) atoms. The molecule has 4 rings (SSSR count). The first-order valence-corrected chi connectivity index (χ1v) is 10.8. The number of anilines is 1. The Morgan fingerprint density at radius 3 is 2.68 bits per heavy atom. The number of hydrogen-bond acceptors (Lipinski definition) is 6. The molecule has 3 heterocycles. The second-order valence-corrected chi connectivity index (χ2v) is 9.90. The highest BCUT2D eigenvalue weighted by Gasteiger charge is 2.38. The largest absolute Gasteiger partial charge is 0.459 e. The van der Waals surface area contributed by atoms with E-state index in [0.717, 1.165) is 29.8 Å². The van der Waals surface area contributed by atoms with E-state index < -0.39 is 6.42 Å². The summed E-state index contributed by atoms with van der Waals surface area (Å²) in [5, 5.41) is 0.991. The van der Waals surface area contributed by atoms with Gasteiger partial charge in [-0.2, -0.15) is 0 Å². The SMILES string of the molecule is CN(C)c1ccc2c(c1)N=C(c1ccco1)O[P@]2(=S)N1CCOCC1. The highest BCUT2D eigenvalue weighted by Crippen LogP contribution is 2.55. The van der Waals surface area contributed by atoms with E-state index in [0.29, 0.717) is 24.9 Å². The third kappa shape index (κ3) is 3.02. The van der Waals surface area contributed by atoms with Crippen LogP contribution in [0.3, 0.4) is 0 Å². The van der Waals surface area contributed by atoms with E-state index in [9.17, 15) is 0 Å². The third-order valence-electron chi connectivity index (χ3n) is 4.30. The van der Waals surface area contributed by atoms with Crippen molar-refractivity contribution in [2.24, 2.45) is 4.99 Å². The van der Waals surface area contributed by atoms with Crippen molar-refractivity contribution < 1.29 is 13.7 Å². The predicted octanol–water partition coefficient (Wildman–Crippen LogP) is 2.72. The summed E-state index contributed by atoms with van der Waals surface area (Å²) in [7, 11) is 4.02. The van der Waals surface area contributed by atoms with Gasteiger partial charge in [0, 0.05) is 32.9 Å². The Balaban J connectivity index is 1.84. The molecule has 0 spiro atoms. The van der Waals surface area contributed by atoms with Gasteiger partial charge in [0.15, 0.2) is 5.76 Å². The van der Waals surface area contributed by atoms with Crippen molar-refractivity contribution in [3.05, 3.63) is 42.4 Å². The first-order chi connectivity index (χ1) is 12.1. The summed E-state index contributed by atoms with van der Waals surface area (Å²) >= 11 is 6.11. The molecule has 0 N–H and O–H groups in total. The summed E-state index contributed by atoms with van der Waals surface area (Å²) in [5.74, 6) is 1.06. The van der Waals surface area contributed by atoms with Crippen molar-refractivity contribution in [3.63, 3.8) is 0 Å². The van der Waals surface area contributed by atoms with Gasteiger partial charge in [-0.1, -0.05) is 0 Å². The lowest BCUT2D eigenvalue weighted by Crippen LogP contribution is -2.39. The summed E-state index contributed by atoms with van der Waals surface area (Å²) in [6.07, 6.45) is -0.832. The topological polar surface area (TPSA) is 50.4 Å². The lowest BCUT2D eigenvalue weighted by Gasteiger charge is -2.39. The fourth-order valence-electron chi connectivity index (χ4n) is 2.94. The van der Waals surface area contributed by atoms with E-state index in [-0.39, 0.29) is 0 Å². The molecule has 2 aliphatic heterocycles. The van der Waals surface area contributed by atoms with Gasteiger partial charge in [0.2, 0.25) is 6.42 Å². The standard InChI is InChI=1S/C17H20N3O3PS/c1-19(2)13-5-6-16-14(12-13)18-17(15-4-3-9-22-15)23-24(16,25)20-7-10-21-11-8-20/h3-6,9,12H,7-8,10-11H2,1-2H3/t24-/m1/s1. The Morgan fingerprint density at radius 2 is 2.00 bits per heavy atom. The van der Waals surface area contributed by atoms with Gasteiger partial charge >= 0.3 is 0 Å². The summed E-state index contributed by atoms with van der Waals surface area (Å²) in [6, 6.07) is 9.85. The maximum Gasteiger partial charge on any atom is 0.262 e. The molecule has 0 unspecified atom stereocenters. The maximum atomic E-state index is 6.32. The Labute approximate surface area is 152 Å². The molecule has 0 radical (unpaired) electrons. The first kappa shape index (κ1) is 16.8. The van der Waals surface area contributed by atoms with Gasteiger partial charge in [-0.3, -0.25) is 0 Å². The van der Waals surface area contributed by atoms with Gasteiger partial charge in [0.05, 0.1) is 30.5 Å². The maximum absolute atomic E-state index is 6.32. The van der Waals surface area contributed by atoms with E-state index in [1.807, 2.05) is 26.2 Å². The molecule has 8 heteroatoms. The van der Waals surface area contributed by atoms with Crippen LogP contribution in [-0.2, 0) is 21.1 Å². The lowest BCUT2D eigenvalue weighted by molar-refractivity contribution is 0.0723. The average Bonchev–Trinajstić information content (AvgIpc) is 3.16. The molecule has 2 aromatic rings. The van der Waals surface area contributed by atoms with Gasteiger partial charge in [-0.05, 0) is 42.1 Å². The van der Waals surface area contributed by atoms with Crippen molar-refractivity contribution in [2.75, 3.05) is 45.3 Å². The van der Waals surface area contributed by atoms with Gasteiger partial charge < -0.3 is 18.6 Å². The monoisotopic (exact) mass is 377 g/mol. The fraction of sp³-hybridized carbons (Fsp3) is 0.353. The van der Waals surface area contributed by atoms with Crippen LogP contribution in [0.1, 0.15) is 5.76 Å². The molecule has 0 aliphatic carbocycles. The van der Waals surface area contributed by atoms with Crippen LogP contribution >= 0.6 is 6.42 Å². The number of nitrogens with zero attached hydrogens (tertiary/aromatic N) is 3. The van der Waals surface area contributed by atoms with Crippen LogP contribution in [0.5, 0.6) is 0 Å². The summed E-state index contributed by atoms with van der Waals surface area (Å²) in [6.45, 7) is 2.86. The number of ether oxygens (including phenoxy) is 1. The van der Waals surface area contributed by atoms with Crippen LogP contribution in [-0.4, -0.2) is 51.0 Å². The molecule has 1 saturated heterocycles. The van der Waals surface area contributed by atoms with Crippen LogP contribution in [0, 0.1) is 0 Å². The van der Waals surface area contributed by atoms with Crippen molar-refractivity contribution >= 4 is 40.8 Å². The number of benzene rings is 1. The molecule has 1 atom stereocenters. The van der Waals surface area contributed by atoms with E-state index in [1.54, 1.807) is 6.26 Å². The minimum absolute atomic E-state index is 0.461. The molecule has 1 aromatic heterocycles. The van der Waals surface area contributed by atoms with Gasteiger partial charge in [-0.15, -0.1) is 0 Å². The Hall–Kier alpha value is -1.66. The third-order valence-corrected chi connectivity index (χ3v) is 8.36. The zero-order chi connectivity index (χ0) is 17.4. The smallest absolute Gasteiger partial charge is 0.262 e. The van der Waals surface area contributed by atoms with E-state index in [1.165, 1.54) is 0 Å². The molecule has 0 amide bonds. The molecule has 0 saturated carbocycles. The van der Waals surface area contributed by atoms with Gasteiger partial charge in [0.1, 0.15) is 0 Å². The van der Waals surface area contributed by atoms with E-state index in [2.05, 4.69) is 27.8 Å². The predicted molar refractivity (Wildman–Crippen MR) is 103 cm³/mol. The highest BCUT2D eigenvalue weighted by atomic mass is 32.4. The zero-order valence-electron chi connectivity index (χ0n) is 14.2. The number of fused-ring (bicyclic) bond motifs is 1. The highest BCUT2D eigenvalue weighted by molar-refractivity contribution is 8.15. The zero-order valence-corrected chi connectivity index (χ0v) is 15.9. The van der Waals surface area contributed by atoms with Crippen LogP contribution in [0.2, 0.25) is 0 Å². The van der Waals surface area contributed by atoms with Crippen molar-refractivity contribution in [1.82, 2.24) is 4.67 Å². The van der Waals surface area contributed by atoms with Crippen LogP contribution in [0.4, 0.5) is 11.4 Å². The van der Waals surface area contributed by atoms with E-state index in [4.69, 9.17) is 30.5 Å². The number of rotatable bonds is 3. The van der Waals surface area contributed by atoms with Crippen molar-refractivity contribution in [2.45, 2.75) is 0 Å². The summed E-state index contributed by atoms with van der Waals surface area (Å²) in [4.78, 5) is 6.75. The summed E-state index contributed by atoms with van der Waals surface area (Å²) in [5.41, 5.74) is 1.94.